The Hall–Kier alpha value is -3.09. The Morgan fingerprint density at radius 1 is 1.21 bits per heavy atom. The quantitative estimate of drug-likeness (QED) is 0.599. The molecule has 0 aliphatic heterocycles. The van der Waals surface area contributed by atoms with Gasteiger partial charge in [0, 0.05) is 23.0 Å². The number of hydrogen-bond donors (Lipinski definition) is 2. The van der Waals surface area contributed by atoms with Crippen LogP contribution in [0.4, 0.5) is 11.5 Å². The molecule has 7 heteroatoms. The van der Waals surface area contributed by atoms with Crippen molar-refractivity contribution >= 4 is 33.3 Å². The lowest BCUT2D eigenvalue weighted by molar-refractivity contribution is 0.419. The lowest BCUT2D eigenvalue weighted by Crippen LogP contribution is -2.00. The van der Waals surface area contributed by atoms with Crippen LogP contribution in [-0.4, -0.2) is 32.1 Å². The molecular weight excluding hydrogens is 304 g/mol. The van der Waals surface area contributed by atoms with E-state index in [-0.39, 0.29) is 0 Å². The van der Waals surface area contributed by atoms with E-state index in [0.717, 1.165) is 33.2 Å². The van der Waals surface area contributed by atoms with E-state index in [2.05, 4.69) is 34.5 Å². The third-order valence-corrected chi connectivity index (χ3v) is 4.00. The summed E-state index contributed by atoms with van der Waals surface area (Å²) in [6, 6.07) is 6.18. The molecule has 0 atom stereocenters. The normalized spacial score (nSPS) is 11.5. The van der Waals surface area contributed by atoms with Crippen LogP contribution in [-0.2, 0) is 0 Å². The van der Waals surface area contributed by atoms with Crippen LogP contribution in [0, 0.1) is 0 Å². The van der Waals surface area contributed by atoms with Gasteiger partial charge in [-0.3, -0.25) is 9.78 Å². The van der Waals surface area contributed by atoms with E-state index in [9.17, 15) is 0 Å². The van der Waals surface area contributed by atoms with Crippen molar-refractivity contribution < 1.29 is 4.74 Å². The molecule has 3 heterocycles. The van der Waals surface area contributed by atoms with Gasteiger partial charge in [-0.2, -0.15) is 10.2 Å². The van der Waals surface area contributed by atoms with Gasteiger partial charge < -0.3 is 10.1 Å². The zero-order valence-electron chi connectivity index (χ0n) is 13.7. The molecule has 4 aromatic rings. The van der Waals surface area contributed by atoms with Gasteiger partial charge in [0.15, 0.2) is 5.82 Å². The fourth-order valence-electron chi connectivity index (χ4n) is 2.77. The lowest BCUT2D eigenvalue weighted by atomic mass is 10.1. The first-order chi connectivity index (χ1) is 11.7. The standard InChI is InChI=1S/C17H18N6O/c1-10(2)23-9-11(7-19-23)20-17-16-13(8-18-22-16)12-5-4-6-14(24-3)15(12)21-17/h4-10H,1-3H3,(H,18,22)(H,20,21). The molecular formula is C17H18N6O. The highest BCUT2D eigenvalue weighted by Crippen LogP contribution is 2.33. The average Bonchev–Trinajstić information content (AvgIpc) is 3.24. The molecule has 3 aromatic heterocycles. The van der Waals surface area contributed by atoms with Crippen LogP contribution in [0.1, 0.15) is 19.9 Å². The third kappa shape index (κ3) is 2.25. The molecule has 4 rings (SSSR count). The molecule has 24 heavy (non-hydrogen) atoms. The minimum Gasteiger partial charge on any atom is -0.494 e. The maximum Gasteiger partial charge on any atom is 0.157 e. The Morgan fingerprint density at radius 3 is 2.83 bits per heavy atom. The van der Waals surface area contributed by atoms with Gasteiger partial charge in [-0.25, -0.2) is 4.98 Å². The molecule has 0 fully saturated rings. The highest BCUT2D eigenvalue weighted by Gasteiger charge is 2.14. The number of ether oxygens (including phenoxy) is 1. The summed E-state index contributed by atoms with van der Waals surface area (Å²) >= 11 is 0. The molecule has 0 aliphatic carbocycles. The van der Waals surface area contributed by atoms with Crippen LogP contribution in [0.25, 0.3) is 21.8 Å². The number of anilines is 2. The number of H-pyrrole nitrogens is 1. The van der Waals surface area contributed by atoms with Crippen molar-refractivity contribution in [3.05, 3.63) is 36.8 Å². The van der Waals surface area contributed by atoms with Gasteiger partial charge in [-0.15, -0.1) is 0 Å². The SMILES string of the molecule is COc1cccc2c1nc(Nc1cnn(C(C)C)c1)c1[nH]ncc12. The average molecular weight is 322 g/mol. The van der Waals surface area contributed by atoms with E-state index in [1.54, 1.807) is 13.3 Å². The summed E-state index contributed by atoms with van der Waals surface area (Å²) < 4.78 is 7.35. The Morgan fingerprint density at radius 2 is 2.08 bits per heavy atom. The number of aromatic amines is 1. The molecule has 122 valence electrons. The van der Waals surface area contributed by atoms with E-state index in [1.807, 2.05) is 35.3 Å². The number of methoxy groups -OCH3 is 1. The predicted molar refractivity (Wildman–Crippen MR) is 93.8 cm³/mol. The topological polar surface area (TPSA) is 80.6 Å². The lowest BCUT2D eigenvalue weighted by Gasteiger charge is -2.10. The van der Waals surface area contributed by atoms with Gasteiger partial charge >= 0.3 is 0 Å². The van der Waals surface area contributed by atoms with Crippen molar-refractivity contribution in [3.8, 4) is 5.75 Å². The van der Waals surface area contributed by atoms with Gasteiger partial charge in [0.1, 0.15) is 16.8 Å². The number of pyridine rings is 1. The summed E-state index contributed by atoms with van der Waals surface area (Å²) in [5.41, 5.74) is 2.53. The first kappa shape index (κ1) is 14.5. The van der Waals surface area contributed by atoms with Crippen LogP contribution in [0.5, 0.6) is 5.75 Å². The molecule has 1 aromatic carbocycles. The van der Waals surface area contributed by atoms with Crippen molar-refractivity contribution in [3.63, 3.8) is 0 Å². The molecule has 0 amide bonds. The minimum absolute atomic E-state index is 0.303. The second kappa shape index (κ2) is 5.52. The summed E-state index contributed by atoms with van der Waals surface area (Å²) in [7, 11) is 1.65. The van der Waals surface area contributed by atoms with Crippen molar-refractivity contribution in [1.82, 2.24) is 25.0 Å². The summed E-state index contributed by atoms with van der Waals surface area (Å²) in [6.07, 6.45) is 5.55. The van der Waals surface area contributed by atoms with Crippen LogP contribution < -0.4 is 10.1 Å². The number of hydrogen-bond acceptors (Lipinski definition) is 5. The molecule has 0 radical (unpaired) electrons. The summed E-state index contributed by atoms with van der Waals surface area (Å²) in [6.45, 7) is 4.17. The zero-order valence-corrected chi connectivity index (χ0v) is 13.7. The van der Waals surface area contributed by atoms with Gasteiger partial charge in [-0.1, -0.05) is 12.1 Å². The van der Waals surface area contributed by atoms with E-state index < -0.39 is 0 Å². The van der Waals surface area contributed by atoms with Crippen molar-refractivity contribution in [2.45, 2.75) is 19.9 Å². The van der Waals surface area contributed by atoms with Crippen molar-refractivity contribution in [1.29, 1.82) is 0 Å². The van der Waals surface area contributed by atoms with Gasteiger partial charge in [0.2, 0.25) is 0 Å². The fourth-order valence-corrected chi connectivity index (χ4v) is 2.77. The van der Waals surface area contributed by atoms with Crippen molar-refractivity contribution in [2.24, 2.45) is 0 Å². The molecule has 0 spiro atoms. The maximum atomic E-state index is 5.46. The van der Waals surface area contributed by atoms with E-state index in [1.165, 1.54) is 0 Å². The Balaban J connectivity index is 1.88. The van der Waals surface area contributed by atoms with E-state index in [4.69, 9.17) is 9.72 Å². The molecule has 0 unspecified atom stereocenters. The zero-order chi connectivity index (χ0) is 16.7. The monoisotopic (exact) mass is 322 g/mol. The second-order valence-electron chi connectivity index (χ2n) is 5.90. The highest BCUT2D eigenvalue weighted by molar-refractivity contribution is 6.10. The summed E-state index contributed by atoms with van der Waals surface area (Å²) in [5, 5.41) is 16.9. The number of benzene rings is 1. The predicted octanol–water partition coefficient (Wildman–Crippen LogP) is 3.64. The molecule has 7 nitrogen and oxygen atoms in total. The molecule has 0 saturated heterocycles. The Bertz CT molecular complexity index is 1020. The van der Waals surface area contributed by atoms with Crippen LogP contribution in [0.15, 0.2) is 36.8 Å². The number of nitrogens with one attached hydrogen (secondary N) is 2. The molecule has 0 bridgehead atoms. The van der Waals surface area contributed by atoms with Gasteiger partial charge in [0.25, 0.3) is 0 Å². The van der Waals surface area contributed by atoms with Gasteiger partial charge in [-0.05, 0) is 19.9 Å². The maximum absolute atomic E-state index is 5.46. The number of nitrogens with zero attached hydrogens (tertiary/aromatic N) is 4. The number of aromatic nitrogens is 5. The molecule has 0 aliphatic rings. The summed E-state index contributed by atoms with van der Waals surface area (Å²) in [5.74, 6) is 1.43. The van der Waals surface area contributed by atoms with E-state index in [0.29, 0.717) is 11.9 Å². The fraction of sp³-hybridized carbons (Fsp3) is 0.235. The van der Waals surface area contributed by atoms with Gasteiger partial charge in [0.05, 0.1) is 25.2 Å². The van der Waals surface area contributed by atoms with Crippen molar-refractivity contribution in [2.75, 3.05) is 12.4 Å². The van der Waals surface area contributed by atoms with Crippen LogP contribution >= 0.6 is 0 Å². The smallest absolute Gasteiger partial charge is 0.157 e. The summed E-state index contributed by atoms with van der Waals surface area (Å²) in [4.78, 5) is 4.75. The van der Waals surface area contributed by atoms with Crippen LogP contribution in [0.3, 0.4) is 0 Å². The first-order valence-corrected chi connectivity index (χ1v) is 7.78. The second-order valence-corrected chi connectivity index (χ2v) is 5.90. The Kier molecular flexibility index (Phi) is 3.34. The number of fused-ring (bicyclic) bond motifs is 3. The number of para-hydroxylation sites is 1. The highest BCUT2D eigenvalue weighted by atomic mass is 16.5. The molecule has 0 saturated carbocycles. The first-order valence-electron chi connectivity index (χ1n) is 7.78. The van der Waals surface area contributed by atoms with Crippen LogP contribution in [0.2, 0.25) is 0 Å². The largest absolute Gasteiger partial charge is 0.494 e. The Labute approximate surface area is 138 Å². The third-order valence-electron chi connectivity index (χ3n) is 4.00. The number of rotatable bonds is 4. The minimum atomic E-state index is 0.303. The molecule has 2 N–H and O–H groups in total. The van der Waals surface area contributed by atoms with E-state index >= 15 is 0 Å².